The number of carbonyl (C=O) groups is 1. The Bertz CT molecular complexity index is 1170. The highest BCUT2D eigenvalue weighted by Crippen LogP contribution is 2.21. The van der Waals surface area contributed by atoms with Crippen LogP contribution in [0, 0.1) is 0 Å². The van der Waals surface area contributed by atoms with E-state index in [1.807, 2.05) is 17.0 Å². The molecule has 4 rings (SSSR count). The predicted molar refractivity (Wildman–Crippen MR) is 125 cm³/mol. The van der Waals surface area contributed by atoms with Gasteiger partial charge < -0.3 is 9.80 Å². The maximum Gasteiger partial charge on any atom is 0.263 e. The number of anilines is 2. The third-order valence-corrected chi connectivity index (χ3v) is 6.86. The molecule has 2 aromatic carbocycles. The highest BCUT2D eigenvalue weighted by atomic mass is 35.5. The van der Waals surface area contributed by atoms with Crippen LogP contribution in [0.5, 0.6) is 0 Å². The van der Waals surface area contributed by atoms with Crippen LogP contribution in [0.4, 0.5) is 11.5 Å². The summed E-state index contributed by atoms with van der Waals surface area (Å²) in [6, 6.07) is 15.5. The summed E-state index contributed by atoms with van der Waals surface area (Å²) in [5.41, 5.74) is 1.85. The number of piperazine rings is 1. The maximum atomic E-state index is 12.6. The lowest BCUT2D eigenvalue weighted by molar-refractivity contribution is -0.130. The van der Waals surface area contributed by atoms with Crippen LogP contribution in [0.15, 0.2) is 72.0 Å². The van der Waals surface area contributed by atoms with E-state index in [2.05, 4.69) is 19.6 Å². The van der Waals surface area contributed by atoms with Crippen LogP contribution in [0.1, 0.15) is 6.99 Å². The molecule has 8 nitrogen and oxygen atoms in total. The largest absolute Gasteiger partial charge is 0.368 e. The molecule has 32 heavy (non-hydrogen) atoms. The molecule has 0 aliphatic carbocycles. The summed E-state index contributed by atoms with van der Waals surface area (Å²) in [7, 11) is -3.73. The number of rotatable bonds is 6. The van der Waals surface area contributed by atoms with Gasteiger partial charge in [0.25, 0.3) is 10.0 Å². The fraction of sp³-hybridized carbons (Fsp3) is 0.227. The topological polar surface area (TPSA) is 95.5 Å². The SMILES string of the molecule is O=C(Cc1ccc(Cl)cc1)N1CCN(c2ccc(S(=O)(=O)Nc3ccncn3)cc2)CC1.[HH]. The van der Waals surface area contributed by atoms with E-state index in [4.69, 9.17) is 11.6 Å². The van der Waals surface area contributed by atoms with E-state index < -0.39 is 10.0 Å². The molecular formula is C22H24ClN5O3S. The van der Waals surface area contributed by atoms with Crippen LogP contribution in [0.2, 0.25) is 5.02 Å². The molecule has 1 aliphatic heterocycles. The first-order chi connectivity index (χ1) is 15.4. The van der Waals surface area contributed by atoms with Crippen molar-refractivity contribution in [3.05, 3.63) is 77.7 Å². The zero-order chi connectivity index (χ0) is 22.6. The lowest BCUT2D eigenvalue weighted by Gasteiger charge is -2.36. The summed E-state index contributed by atoms with van der Waals surface area (Å²) in [6.45, 7) is 2.58. The fourth-order valence-electron chi connectivity index (χ4n) is 3.49. The molecule has 1 amide bonds. The number of carbonyl (C=O) groups excluding carboxylic acids is 1. The second kappa shape index (κ2) is 9.54. The molecule has 1 N–H and O–H groups in total. The van der Waals surface area contributed by atoms with Crippen LogP contribution >= 0.6 is 11.6 Å². The minimum Gasteiger partial charge on any atom is -0.368 e. The van der Waals surface area contributed by atoms with Crippen LogP contribution in [0.25, 0.3) is 0 Å². The second-order valence-electron chi connectivity index (χ2n) is 7.37. The van der Waals surface area contributed by atoms with Crippen molar-refractivity contribution in [1.29, 1.82) is 0 Å². The first kappa shape index (κ1) is 22.0. The van der Waals surface area contributed by atoms with Gasteiger partial charge in [-0.15, -0.1) is 0 Å². The van der Waals surface area contributed by atoms with E-state index in [9.17, 15) is 13.2 Å². The predicted octanol–water partition coefficient (Wildman–Crippen LogP) is 3.07. The van der Waals surface area contributed by atoms with Crippen molar-refractivity contribution in [2.24, 2.45) is 0 Å². The average Bonchev–Trinajstić information content (AvgIpc) is 2.81. The van der Waals surface area contributed by atoms with Gasteiger partial charge in [0, 0.05) is 44.5 Å². The zero-order valence-electron chi connectivity index (χ0n) is 17.2. The Balaban J connectivity index is 0.00000306. The molecule has 1 aromatic heterocycles. The van der Waals surface area contributed by atoms with Gasteiger partial charge >= 0.3 is 0 Å². The monoisotopic (exact) mass is 473 g/mol. The molecule has 10 heteroatoms. The smallest absolute Gasteiger partial charge is 0.263 e. The zero-order valence-corrected chi connectivity index (χ0v) is 18.8. The Hall–Kier alpha value is -3.17. The number of sulfonamides is 1. The van der Waals surface area contributed by atoms with Crippen molar-refractivity contribution in [3.63, 3.8) is 0 Å². The maximum absolute atomic E-state index is 12.6. The highest BCUT2D eigenvalue weighted by Gasteiger charge is 2.22. The third kappa shape index (κ3) is 5.35. The van der Waals surface area contributed by atoms with Crippen LogP contribution in [-0.4, -0.2) is 55.4 Å². The summed E-state index contributed by atoms with van der Waals surface area (Å²) >= 11 is 5.90. The first-order valence-corrected chi connectivity index (χ1v) is 11.9. The lowest BCUT2D eigenvalue weighted by atomic mass is 10.1. The molecular weight excluding hydrogens is 450 g/mol. The number of halogens is 1. The van der Waals surface area contributed by atoms with Crippen LogP contribution in [-0.2, 0) is 21.2 Å². The van der Waals surface area contributed by atoms with Gasteiger partial charge in [0.15, 0.2) is 0 Å². The summed E-state index contributed by atoms with van der Waals surface area (Å²) < 4.78 is 27.5. The number of benzene rings is 2. The Morgan fingerprint density at radius 2 is 1.69 bits per heavy atom. The number of hydrogen-bond donors (Lipinski definition) is 1. The first-order valence-electron chi connectivity index (χ1n) is 10.1. The number of aromatic nitrogens is 2. The van der Waals surface area contributed by atoms with Crippen molar-refractivity contribution in [2.45, 2.75) is 11.3 Å². The number of nitrogens with zero attached hydrogens (tertiary/aromatic N) is 4. The molecule has 0 radical (unpaired) electrons. The van der Waals surface area contributed by atoms with Crippen LogP contribution in [0.3, 0.4) is 0 Å². The molecule has 1 aliphatic rings. The van der Waals surface area contributed by atoms with E-state index >= 15 is 0 Å². The summed E-state index contributed by atoms with van der Waals surface area (Å²) in [4.78, 5) is 24.4. The molecule has 0 bridgehead atoms. The Morgan fingerprint density at radius 3 is 2.31 bits per heavy atom. The quantitative estimate of drug-likeness (QED) is 0.591. The van der Waals surface area contributed by atoms with Gasteiger partial charge in [-0.3, -0.25) is 9.52 Å². The molecule has 1 saturated heterocycles. The molecule has 1 fully saturated rings. The molecule has 168 valence electrons. The van der Waals surface area contributed by atoms with Gasteiger partial charge in [-0.2, -0.15) is 0 Å². The molecule has 0 spiro atoms. The second-order valence-corrected chi connectivity index (χ2v) is 9.48. The summed E-state index contributed by atoms with van der Waals surface area (Å²) in [5.74, 6) is 0.299. The van der Waals surface area contributed by atoms with Crippen molar-refractivity contribution in [1.82, 2.24) is 14.9 Å². The van der Waals surface area contributed by atoms with E-state index in [0.717, 1.165) is 11.3 Å². The number of amides is 1. The third-order valence-electron chi connectivity index (χ3n) is 5.23. The summed E-state index contributed by atoms with van der Waals surface area (Å²) in [5, 5.41) is 0.651. The highest BCUT2D eigenvalue weighted by molar-refractivity contribution is 7.92. The Labute approximate surface area is 193 Å². The minimum atomic E-state index is -3.73. The van der Waals surface area contributed by atoms with E-state index in [-0.39, 0.29) is 18.0 Å². The average molecular weight is 474 g/mol. The fourth-order valence-corrected chi connectivity index (χ4v) is 4.62. The van der Waals surface area contributed by atoms with Crippen molar-refractivity contribution < 1.29 is 14.6 Å². The van der Waals surface area contributed by atoms with E-state index in [1.54, 1.807) is 36.4 Å². The van der Waals surface area contributed by atoms with Crippen molar-refractivity contribution in [2.75, 3.05) is 35.8 Å². The molecule has 2 heterocycles. The molecule has 0 atom stereocenters. The Morgan fingerprint density at radius 1 is 1.00 bits per heavy atom. The van der Waals surface area contributed by atoms with Gasteiger partial charge in [0.1, 0.15) is 12.1 Å². The molecule has 0 saturated carbocycles. The van der Waals surface area contributed by atoms with Gasteiger partial charge in [-0.05, 0) is 48.0 Å². The minimum absolute atomic E-state index is 0. The molecule has 0 unspecified atom stereocenters. The van der Waals surface area contributed by atoms with E-state index in [0.29, 0.717) is 37.6 Å². The van der Waals surface area contributed by atoms with Gasteiger partial charge in [0.2, 0.25) is 5.91 Å². The number of nitrogens with one attached hydrogen (secondary N) is 1. The standard InChI is InChI=1S/C22H22ClN5O3S.H2/c23-18-3-1-17(2-4-18)15-22(29)28-13-11-27(12-14-28)19-5-7-20(8-6-19)32(30,31)26-21-9-10-24-16-25-21;/h1-10,16H,11-15H2,(H,24,25,26);1H. The van der Waals surface area contributed by atoms with Crippen molar-refractivity contribution in [3.8, 4) is 0 Å². The normalized spacial score (nSPS) is 14.3. The van der Waals surface area contributed by atoms with Gasteiger partial charge in [-0.1, -0.05) is 23.7 Å². The molecule has 3 aromatic rings. The lowest BCUT2D eigenvalue weighted by Crippen LogP contribution is -2.49. The van der Waals surface area contributed by atoms with Crippen LogP contribution < -0.4 is 9.62 Å². The summed E-state index contributed by atoms with van der Waals surface area (Å²) in [6.07, 6.45) is 3.09. The van der Waals surface area contributed by atoms with Gasteiger partial charge in [-0.25, -0.2) is 18.4 Å². The Kier molecular flexibility index (Phi) is 6.57. The number of hydrogen-bond acceptors (Lipinski definition) is 6. The van der Waals surface area contributed by atoms with Crippen molar-refractivity contribution >= 4 is 39.0 Å². The van der Waals surface area contributed by atoms with E-state index in [1.165, 1.54) is 18.6 Å². The van der Waals surface area contributed by atoms with Gasteiger partial charge in [0.05, 0.1) is 11.3 Å².